The number of nitrogens with zero attached hydrogens (tertiary/aromatic N) is 1. The number of ether oxygens (including phenoxy) is 2. The average molecular weight is 1230 g/mol. The summed E-state index contributed by atoms with van der Waals surface area (Å²) in [5, 5.41) is 0. The lowest BCUT2D eigenvalue weighted by Crippen LogP contribution is -2.37. The monoisotopic (exact) mass is 1230 g/mol. The van der Waals surface area contributed by atoms with Gasteiger partial charge in [0, 0.05) is 12.8 Å². The molecule has 9 nitrogen and oxygen atoms in total. The SMILES string of the molecule is CC/C=C\C/C=C\C/C=C\C/C=C\CCCCCCCCCCCCCCCCCCCCC(=O)OC(COC(=O)CCCCCCCCCCCCCCCCCCCCCCCCCCCCCCCCC)COP(=O)(O)OCC[N+](C)(C)C. The topological polar surface area (TPSA) is 108 Å². The fourth-order valence-corrected chi connectivity index (χ4v) is 11.9. The third-order valence-electron chi connectivity index (χ3n) is 16.9. The van der Waals surface area contributed by atoms with Gasteiger partial charge in [-0.1, -0.05) is 358 Å². The number of hydrogen-bond donors (Lipinski definition) is 1. The van der Waals surface area contributed by atoms with Crippen molar-refractivity contribution in [2.45, 2.75) is 380 Å². The van der Waals surface area contributed by atoms with E-state index in [4.69, 9.17) is 18.5 Å². The van der Waals surface area contributed by atoms with Crippen LogP contribution in [-0.2, 0) is 32.7 Å². The summed E-state index contributed by atoms with van der Waals surface area (Å²) in [7, 11) is 1.50. The van der Waals surface area contributed by atoms with Crippen LogP contribution >= 0.6 is 7.82 Å². The van der Waals surface area contributed by atoms with Crippen molar-refractivity contribution >= 4 is 19.8 Å². The number of unbranched alkanes of at least 4 members (excludes halogenated alkanes) is 48. The highest BCUT2D eigenvalue weighted by atomic mass is 31.2. The molecule has 1 N–H and O–H groups in total. The number of hydrogen-bond acceptors (Lipinski definition) is 7. The Balaban J connectivity index is 3.95. The molecule has 0 aromatic carbocycles. The van der Waals surface area contributed by atoms with Gasteiger partial charge in [0.1, 0.15) is 19.8 Å². The quantitative estimate of drug-likeness (QED) is 0.0211. The zero-order chi connectivity index (χ0) is 62.6. The van der Waals surface area contributed by atoms with Crippen LogP contribution in [0.25, 0.3) is 0 Å². The molecule has 0 bridgehead atoms. The van der Waals surface area contributed by atoms with Gasteiger partial charge < -0.3 is 18.9 Å². The van der Waals surface area contributed by atoms with Crippen molar-refractivity contribution in [3.8, 4) is 0 Å². The summed E-state index contributed by atoms with van der Waals surface area (Å²) < 4.78 is 34.8. The molecule has 0 fully saturated rings. The van der Waals surface area contributed by atoms with Crippen molar-refractivity contribution in [2.24, 2.45) is 0 Å². The molecule has 0 heterocycles. The molecule has 0 saturated heterocycles. The summed E-state index contributed by atoms with van der Waals surface area (Å²) in [6.07, 6.45) is 88.1. The molecule has 0 aliphatic rings. The molecule has 0 aromatic rings. The molecular formula is C76H145NO8P+. The van der Waals surface area contributed by atoms with E-state index in [1.54, 1.807) is 0 Å². The Hall–Kier alpha value is -2.03. The molecule has 0 amide bonds. The van der Waals surface area contributed by atoms with Crippen LogP contribution in [0, 0.1) is 0 Å². The fraction of sp³-hybridized carbons (Fsp3) is 0.868. The van der Waals surface area contributed by atoms with E-state index in [0.717, 1.165) is 57.8 Å². The van der Waals surface area contributed by atoms with E-state index in [1.807, 2.05) is 21.1 Å². The minimum absolute atomic E-state index is 0.0343. The van der Waals surface area contributed by atoms with Crippen LogP contribution in [0.15, 0.2) is 48.6 Å². The molecule has 506 valence electrons. The van der Waals surface area contributed by atoms with Gasteiger partial charge in [-0.2, -0.15) is 0 Å². The van der Waals surface area contributed by atoms with Crippen molar-refractivity contribution in [1.82, 2.24) is 0 Å². The maximum absolute atomic E-state index is 12.9. The lowest BCUT2D eigenvalue weighted by molar-refractivity contribution is -0.870. The van der Waals surface area contributed by atoms with E-state index >= 15 is 0 Å². The number of carbonyl (C=O) groups is 2. The van der Waals surface area contributed by atoms with Gasteiger partial charge in [-0.15, -0.1) is 0 Å². The van der Waals surface area contributed by atoms with Crippen molar-refractivity contribution in [3.05, 3.63) is 48.6 Å². The minimum atomic E-state index is -4.39. The van der Waals surface area contributed by atoms with E-state index in [-0.39, 0.29) is 25.6 Å². The number of rotatable bonds is 70. The number of phosphoric ester groups is 1. The van der Waals surface area contributed by atoms with Crippen LogP contribution in [0.3, 0.4) is 0 Å². The third kappa shape index (κ3) is 71.1. The highest BCUT2D eigenvalue weighted by Crippen LogP contribution is 2.43. The number of allylic oxidation sites excluding steroid dienone is 8. The van der Waals surface area contributed by atoms with Gasteiger partial charge in [-0.3, -0.25) is 18.6 Å². The maximum Gasteiger partial charge on any atom is 0.472 e. The highest BCUT2D eigenvalue weighted by molar-refractivity contribution is 7.47. The van der Waals surface area contributed by atoms with Gasteiger partial charge in [-0.05, 0) is 51.4 Å². The van der Waals surface area contributed by atoms with Crippen LogP contribution in [0.5, 0.6) is 0 Å². The molecule has 0 aromatic heterocycles. The van der Waals surface area contributed by atoms with Gasteiger partial charge in [0.2, 0.25) is 0 Å². The van der Waals surface area contributed by atoms with Crippen LogP contribution in [0.2, 0.25) is 0 Å². The average Bonchev–Trinajstić information content (AvgIpc) is 3.56. The number of phosphoric acid groups is 1. The zero-order valence-electron chi connectivity index (χ0n) is 57.8. The molecular weight excluding hydrogens is 1090 g/mol. The van der Waals surface area contributed by atoms with Crippen LogP contribution < -0.4 is 0 Å². The van der Waals surface area contributed by atoms with Crippen LogP contribution in [0.1, 0.15) is 373 Å². The summed E-state index contributed by atoms with van der Waals surface area (Å²) >= 11 is 0. The molecule has 0 spiro atoms. The first kappa shape index (κ1) is 84.0. The molecule has 2 unspecified atom stereocenters. The Morgan fingerprint density at radius 2 is 0.663 bits per heavy atom. The van der Waals surface area contributed by atoms with Crippen LogP contribution in [0.4, 0.5) is 0 Å². The molecule has 0 rings (SSSR count). The molecule has 86 heavy (non-hydrogen) atoms. The zero-order valence-corrected chi connectivity index (χ0v) is 58.7. The molecule has 2 atom stereocenters. The van der Waals surface area contributed by atoms with Crippen molar-refractivity contribution in [1.29, 1.82) is 0 Å². The summed E-state index contributed by atoms with van der Waals surface area (Å²) in [5.41, 5.74) is 0. The Labute approximate surface area is 534 Å². The van der Waals surface area contributed by atoms with Crippen molar-refractivity contribution in [2.75, 3.05) is 47.5 Å². The second-order valence-corrected chi connectivity index (χ2v) is 28.1. The first-order chi connectivity index (χ1) is 42.0. The van der Waals surface area contributed by atoms with Gasteiger partial charge in [0.15, 0.2) is 6.10 Å². The normalized spacial score (nSPS) is 13.3. The van der Waals surface area contributed by atoms with Crippen molar-refractivity contribution in [3.63, 3.8) is 0 Å². The fourth-order valence-electron chi connectivity index (χ4n) is 11.2. The largest absolute Gasteiger partial charge is 0.472 e. The standard InChI is InChI=1S/C76H144NO8P/c1-6-8-10-12-14-16-18-20-22-24-26-28-30-32-34-36-38-40-42-44-46-48-50-52-54-56-58-60-62-64-66-68-75(78)82-72-74(73-84-86(80,81)83-71-70-77(3,4)5)85-76(79)69-67-65-63-61-59-57-55-53-51-49-47-45-43-41-39-37-35-33-31-29-27-25-23-21-19-17-15-13-11-9-7-2/h9,11,15,17,21,23,27,29,74H,6-8,10,12-14,16,18-20,22,24-26,28,30-73H2,1-5H3/p+1/b11-9-,17-15-,23-21-,29-27-. The molecule has 0 aliphatic heterocycles. The predicted molar refractivity (Wildman–Crippen MR) is 372 cm³/mol. The van der Waals surface area contributed by atoms with E-state index in [1.165, 1.54) is 283 Å². The lowest BCUT2D eigenvalue weighted by Gasteiger charge is -2.24. The third-order valence-corrected chi connectivity index (χ3v) is 17.9. The number of esters is 2. The van der Waals surface area contributed by atoms with Gasteiger partial charge >= 0.3 is 19.8 Å². The smallest absolute Gasteiger partial charge is 0.462 e. The summed E-state index contributed by atoms with van der Waals surface area (Å²) in [5.74, 6) is -0.775. The van der Waals surface area contributed by atoms with Gasteiger partial charge in [0.25, 0.3) is 0 Å². The lowest BCUT2D eigenvalue weighted by atomic mass is 10.0. The van der Waals surface area contributed by atoms with Gasteiger partial charge in [-0.25, -0.2) is 4.57 Å². The second kappa shape index (κ2) is 67.4. The molecule has 0 radical (unpaired) electrons. The van der Waals surface area contributed by atoms with Crippen molar-refractivity contribution < 1.29 is 42.1 Å². The van der Waals surface area contributed by atoms with Crippen LogP contribution in [-0.4, -0.2) is 74.9 Å². The number of likely N-dealkylation sites (N-methyl/N-ethyl adjacent to an activating group) is 1. The van der Waals surface area contributed by atoms with E-state index in [9.17, 15) is 19.0 Å². The minimum Gasteiger partial charge on any atom is -0.462 e. The Kier molecular flexibility index (Phi) is 65.8. The Morgan fingerprint density at radius 3 is 0.988 bits per heavy atom. The number of quaternary nitrogens is 1. The molecule has 0 aliphatic carbocycles. The summed E-state index contributed by atoms with van der Waals surface area (Å²) in [6.45, 7) is 4.40. The summed E-state index contributed by atoms with van der Waals surface area (Å²) in [4.78, 5) is 35.9. The Bertz CT molecular complexity index is 1590. The molecule has 10 heteroatoms. The number of carbonyl (C=O) groups excluding carboxylic acids is 2. The van der Waals surface area contributed by atoms with E-state index < -0.39 is 26.5 Å². The van der Waals surface area contributed by atoms with E-state index in [2.05, 4.69) is 62.5 Å². The van der Waals surface area contributed by atoms with E-state index in [0.29, 0.717) is 23.9 Å². The second-order valence-electron chi connectivity index (χ2n) is 26.7. The first-order valence-electron chi connectivity index (χ1n) is 37.4. The van der Waals surface area contributed by atoms with Gasteiger partial charge in [0.05, 0.1) is 27.7 Å². The predicted octanol–water partition coefficient (Wildman–Crippen LogP) is 24.4. The first-order valence-corrected chi connectivity index (χ1v) is 38.9. The summed E-state index contributed by atoms with van der Waals surface area (Å²) in [6, 6.07) is 0. The Morgan fingerprint density at radius 1 is 0.372 bits per heavy atom. The molecule has 0 saturated carbocycles. The maximum atomic E-state index is 12.9. The highest BCUT2D eigenvalue weighted by Gasteiger charge is 2.27.